The molecule has 0 fully saturated rings. The van der Waals surface area contributed by atoms with Crippen LogP contribution in [0.1, 0.15) is 19.5 Å². The predicted molar refractivity (Wildman–Crippen MR) is 82.2 cm³/mol. The second-order valence-electron chi connectivity index (χ2n) is 4.78. The molecule has 0 aliphatic heterocycles. The standard InChI is InChI=1S/C15H27N3O2/c1-5-16-11-14-10-15(6-7-17-14)18(8-9-19-3)13(2)12-20-4/h6-7,10,13,16H,5,8-9,11-12H2,1-4H3. The summed E-state index contributed by atoms with van der Waals surface area (Å²) >= 11 is 0. The topological polar surface area (TPSA) is 46.6 Å². The van der Waals surface area contributed by atoms with Gasteiger partial charge in [0.1, 0.15) is 0 Å². The van der Waals surface area contributed by atoms with Crippen molar-refractivity contribution >= 4 is 5.69 Å². The van der Waals surface area contributed by atoms with Gasteiger partial charge in [0, 0.05) is 45.2 Å². The molecule has 5 heteroatoms. The molecule has 0 saturated heterocycles. The van der Waals surface area contributed by atoms with Gasteiger partial charge in [0.15, 0.2) is 0 Å². The Morgan fingerprint density at radius 1 is 1.35 bits per heavy atom. The van der Waals surface area contributed by atoms with E-state index in [1.165, 1.54) is 0 Å². The van der Waals surface area contributed by atoms with E-state index in [4.69, 9.17) is 9.47 Å². The first-order chi connectivity index (χ1) is 9.72. The minimum absolute atomic E-state index is 0.296. The number of anilines is 1. The van der Waals surface area contributed by atoms with Gasteiger partial charge in [0.05, 0.1) is 18.9 Å². The molecule has 0 amide bonds. The van der Waals surface area contributed by atoms with Crippen LogP contribution < -0.4 is 10.2 Å². The summed E-state index contributed by atoms with van der Waals surface area (Å²) in [7, 11) is 3.45. The van der Waals surface area contributed by atoms with Crippen molar-refractivity contribution in [3.63, 3.8) is 0 Å². The molecule has 1 rings (SSSR count). The highest BCUT2D eigenvalue weighted by atomic mass is 16.5. The maximum Gasteiger partial charge on any atom is 0.0663 e. The third kappa shape index (κ3) is 5.45. The number of hydrogen-bond donors (Lipinski definition) is 1. The smallest absolute Gasteiger partial charge is 0.0663 e. The summed E-state index contributed by atoms with van der Waals surface area (Å²) in [6.45, 7) is 8.21. The van der Waals surface area contributed by atoms with Crippen molar-refractivity contribution in [2.24, 2.45) is 0 Å². The minimum Gasteiger partial charge on any atom is -0.383 e. The Balaban J connectivity index is 2.82. The van der Waals surface area contributed by atoms with Crippen LogP contribution in [0.5, 0.6) is 0 Å². The van der Waals surface area contributed by atoms with E-state index in [-0.39, 0.29) is 0 Å². The number of ether oxygens (including phenoxy) is 2. The zero-order valence-corrected chi connectivity index (χ0v) is 13.1. The largest absolute Gasteiger partial charge is 0.383 e. The monoisotopic (exact) mass is 281 g/mol. The fraction of sp³-hybridized carbons (Fsp3) is 0.667. The first-order valence-electron chi connectivity index (χ1n) is 7.13. The van der Waals surface area contributed by atoms with Crippen LogP contribution in [0.2, 0.25) is 0 Å². The van der Waals surface area contributed by atoms with Crippen molar-refractivity contribution in [1.29, 1.82) is 0 Å². The SMILES string of the molecule is CCNCc1cc(N(CCOC)C(C)COC)ccn1. The van der Waals surface area contributed by atoms with Crippen LogP contribution in [-0.4, -0.2) is 51.5 Å². The highest BCUT2D eigenvalue weighted by molar-refractivity contribution is 5.47. The van der Waals surface area contributed by atoms with E-state index in [1.54, 1.807) is 14.2 Å². The third-order valence-electron chi connectivity index (χ3n) is 3.16. The molecule has 1 atom stereocenters. The summed E-state index contributed by atoms with van der Waals surface area (Å²) in [5, 5.41) is 3.30. The highest BCUT2D eigenvalue weighted by Crippen LogP contribution is 2.17. The Kier molecular flexibility index (Phi) is 8.18. The number of hydrogen-bond acceptors (Lipinski definition) is 5. The molecule has 0 spiro atoms. The fourth-order valence-corrected chi connectivity index (χ4v) is 2.12. The van der Waals surface area contributed by atoms with E-state index in [0.29, 0.717) is 19.3 Å². The van der Waals surface area contributed by atoms with Gasteiger partial charge in [-0.2, -0.15) is 0 Å². The van der Waals surface area contributed by atoms with Crippen LogP contribution in [0.15, 0.2) is 18.3 Å². The molecule has 5 nitrogen and oxygen atoms in total. The number of pyridine rings is 1. The molecule has 1 aromatic rings. The molecular formula is C15H27N3O2. The molecule has 0 saturated carbocycles. The number of aromatic nitrogens is 1. The van der Waals surface area contributed by atoms with Crippen LogP contribution in [0.3, 0.4) is 0 Å². The maximum absolute atomic E-state index is 5.27. The van der Waals surface area contributed by atoms with Gasteiger partial charge in [-0.3, -0.25) is 4.98 Å². The average Bonchev–Trinajstić information content (AvgIpc) is 2.46. The van der Waals surface area contributed by atoms with Gasteiger partial charge in [-0.15, -0.1) is 0 Å². The summed E-state index contributed by atoms with van der Waals surface area (Å²) in [5.74, 6) is 0. The summed E-state index contributed by atoms with van der Waals surface area (Å²) < 4.78 is 10.5. The average molecular weight is 281 g/mol. The van der Waals surface area contributed by atoms with E-state index >= 15 is 0 Å². The lowest BCUT2D eigenvalue weighted by molar-refractivity contribution is 0.171. The maximum atomic E-state index is 5.27. The molecule has 0 aliphatic rings. The molecule has 114 valence electrons. The van der Waals surface area contributed by atoms with Crippen LogP contribution >= 0.6 is 0 Å². The van der Waals surface area contributed by atoms with Gasteiger partial charge in [-0.1, -0.05) is 6.92 Å². The second-order valence-corrected chi connectivity index (χ2v) is 4.78. The van der Waals surface area contributed by atoms with Gasteiger partial charge >= 0.3 is 0 Å². The Hall–Kier alpha value is -1.17. The predicted octanol–water partition coefficient (Wildman–Crippen LogP) is 1.68. The lowest BCUT2D eigenvalue weighted by atomic mass is 10.2. The molecule has 0 aliphatic carbocycles. The number of methoxy groups -OCH3 is 2. The molecule has 1 aromatic heterocycles. The summed E-state index contributed by atoms with van der Waals surface area (Å²) in [5.41, 5.74) is 2.21. The Morgan fingerprint density at radius 2 is 2.15 bits per heavy atom. The third-order valence-corrected chi connectivity index (χ3v) is 3.16. The fourth-order valence-electron chi connectivity index (χ4n) is 2.12. The van der Waals surface area contributed by atoms with Gasteiger partial charge in [-0.25, -0.2) is 0 Å². The lowest BCUT2D eigenvalue weighted by Crippen LogP contribution is -2.38. The lowest BCUT2D eigenvalue weighted by Gasteiger charge is -2.31. The van der Waals surface area contributed by atoms with Crippen LogP contribution in [-0.2, 0) is 16.0 Å². The summed E-state index contributed by atoms with van der Waals surface area (Å²) in [6.07, 6.45) is 1.86. The van der Waals surface area contributed by atoms with E-state index in [9.17, 15) is 0 Å². The quantitative estimate of drug-likeness (QED) is 0.707. The molecule has 1 unspecified atom stereocenters. The van der Waals surface area contributed by atoms with E-state index < -0.39 is 0 Å². The van der Waals surface area contributed by atoms with Crippen molar-refractivity contribution in [3.8, 4) is 0 Å². The highest BCUT2D eigenvalue weighted by Gasteiger charge is 2.14. The second kappa shape index (κ2) is 9.69. The number of nitrogens with one attached hydrogen (secondary N) is 1. The first-order valence-corrected chi connectivity index (χ1v) is 7.13. The molecule has 0 bridgehead atoms. The van der Waals surface area contributed by atoms with Gasteiger partial charge in [-0.05, 0) is 25.6 Å². The molecule has 0 aromatic carbocycles. The Labute approximate surface area is 122 Å². The number of nitrogens with zero attached hydrogens (tertiary/aromatic N) is 2. The Bertz CT molecular complexity index is 374. The Morgan fingerprint density at radius 3 is 2.80 bits per heavy atom. The van der Waals surface area contributed by atoms with Crippen molar-refractivity contribution < 1.29 is 9.47 Å². The van der Waals surface area contributed by atoms with Gasteiger partial charge < -0.3 is 19.7 Å². The molecule has 20 heavy (non-hydrogen) atoms. The van der Waals surface area contributed by atoms with Crippen molar-refractivity contribution in [3.05, 3.63) is 24.0 Å². The normalized spacial score (nSPS) is 12.4. The van der Waals surface area contributed by atoms with Crippen LogP contribution in [0.4, 0.5) is 5.69 Å². The molecule has 1 heterocycles. The summed E-state index contributed by atoms with van der Waals surface area (Å²) in [6, 6.07) is 4.46. The minimum atomic E-state index is 0.296. The summed E-state index contributed by atoms with van der Waals surface area (Å²) in [4.78, 5) is 6.69. The first kappa shape index (κ1) is 16.9. The van der Waals surface area contributed by atoms with E-state index in [2.05, 4.69) is 35.1 Å². The van der Waals surface area contributed by atoms with Gasteiger partial charge in [0.25, 0.3) is 0 Å². The van der Waals surface area contributed by atoms with Gasteiger partial charge in [0.2, 0.25) is 0 Å². The molecular weight excluding hydrogens is 254 g/mol. The number of rotatable bonds is 10. The van der Waals surface area contributed by atoms with Crippen molar-refractivity contribution in [2.75, 3.05) is 45.4 Å². The van der Waals surface area contributed by atoms with Crippen molar-refractivity contribution in [1.82, 2.24) is 10.3 Å². The molecule has 1 N–H and O–H groups in total. The molecule has 0 radical (unpaired) electrons. The van der Waals surface area contributed by atoms with E-state index in [1.807, 2.05) is 12.3 Å². The zero-order valence-electron chi connectivity index (χ0n) is 13.1. The zero-order chi connectivity index (χ0) is 14.8. The van der Waals surface area contributed by atoms with Crippen LogP contribution in [0.25, 0.3) is 0 Å². The van der Waals surface area contributed by atoms with Crippen LogP contribution in [0, 0.1) is 0 Å². The van der Waals surface area contributed by atoms with Crippen molar-refractivity contribution in [2.45, 2.75) is 26.4 Å². The van der Waals surface area contributed by atoms with E-state index in [0.717, 1.165) is 31.0 Å².